The monoisotopic (exact) mass is 422 g/mol. The molecule has 0 aliphatic heterocycles. The van der Waals surface area contributed by atoms with Crippen molar-refractivity contribution in [1.29, 1.82) is 0 Å². The first kappa shape index (κ1) is 25.1. The summed E-state index contributed by atoms with van der Waals surface area (Å²) in [5, 5.41) is 0. The van der Waals surface area contributed by atoms with Crippen molar-refractivity contribution >= 4 is 0 Å². The Morgan fingerprint density at radius 2 is 1.43 bits per heavy atom. The average molecular weight is 423 g/mol. The third-order valence-electron chi connectivity index (χ3n) is 5.38. The van der Waals surface area contributed by atoms with Gasteiger partial charge >= 0.3 is 0 Å². The molecule has 0 bridgehead atoms. The lowest BCUT2D eigenvalue weighted by Gasteiger charge is -2.27. The Bertz CT molecular complexity index is 531. The minimum absolute atomic E-state index is 0.252. The molecule has 172 valence electrons. The Hall–Kier alpha value is -1.14. The number of hydrogen-bond acceptors (Lipinski definition) is 5. The van der Waals surface area contributed by atoms with Crippen LogP contribution >= 0.6 is 0 Å². The first-order chi connectivity index (χ1) is 14.7. The van der Waals surface area contributed by atoms with E-state index in [1.807, 2.05) is 26.0 Å². The molecule has 1 fully saturated rings. The highest BCUT2D eigenvalue weighted by Gasteiger charge is 2.20. The molecule has 0 radical (unpaired) electrons. The van der Waals surface area contributed by atoms with Gasteiger partial charge in [0.15, 0.2) is 0 Å². The zero-order chi connectivity index (χ0) is 21.4. The van der Waals surface area contributed by atoms with Crippen molar-refractivity contribution in [2.75, 3.05) is 39.6 Å². The van der Waals surface area contributed by atoms with E-state index < -0.39 is 0 Å². The van der Waals surface area contributed by atoms with Crippen molar-refractivity contribution in [2.45, 2.75) is 84.0 Å². The molecular formula is C25H42O5. The number of rotatable bonds is 14. The predicted octanol–water partition coefficient (Wildman–Crippen LogP) is 5.19. The minimum Gasteiger partial charge on any atom is -0.491 e. The van der Waals surface area contributed by atoms with Crippen molar-refractivity contribution < 1.29 is 23.7 Å². The maximum Gasteiger partial charge on any atom is 0.119 e. The minimum atomic E-state index is 0.252. The van der Waals surface area contributed by atoms with Crippen molar-refractivity contribution in [3.8, 4) is 5.75 Å². The van der Waals surface area contributed by atoms with Gasteiger partial charge in [0, 0.05) is 0 Å². The van der Waals surface area contributed by atoms with Gasteiger partial charge in [-0.25, -0.2) is 0 Å². The van der Waals surface area contributed by atoms with Crippen LogP contribution in [0.3, 0.4) is 0 Å². The molecule has 1 aliphatic carbocycles. The standard InChI is InChI=1S/C25H42O5/c1-4-22-10-12-23(13-11-22)28-18-19-30-25-9-7-5-6-8-24(20-25)29-17-15-26-14-16-27-21(2)3/h10-13,21,24-25H,4-9,14-20H2,1-3H3/t24?,25-/m0/s1. The lowest BCUT2D eigenvalue weighted by molar-refractivity contribution is -0.0542. The number of hydrogen-bond donors (Lipinski definition) is 0. The average Bonchev–Trinajstić information content (AvgIpc) is 2.73. The first-order valence-electron chi connectivity index (χ1n) is 11.8. The van der Waals surface area contributed by atoms with Crippen LogP contribution in [0.25, 0.3) is 0 Å². The van der Waals surface area contributed by atoms with Crippen LogP contribution < -0.4 is 4.74 Å². The summed E-state index contributed by atoms with van der Waals surface area (Å²) in [6, 6.07) is 8.31. The maximum atomic E-state index is 6.14. The topological polar surface area (TPSA) is 46.2 Å². The lowest BCUT2D eigenvalue weighted by Crippen LogP contribution is -2.27. The van der Waals surface area contributed by atoms with Gasteiger partial charge in [0.05, 0.1) is 51.3 Å². The molecule has 1 aliphatic rings. The number of benzene rings is 1. The van der Waals surface area contributed by atoms with Gasteiger partial charge in [-0.3, -0.25) is 0 Å². The summed E-state index contributed by atoms with van der Waals surface area (Å²) in [5.41, 5.74) is 1.33. The van der Waals surface area contributed by atoms with Gasteiger partial charge < -0.3 is 23.7 Å². The van der Waals surface area contributed by atoms with Crippen LogP contribution in [0.5, 0.6) is 5.75 Å². The third kappa shape index (κ3) is 11.3. The molecule has 0 amide bonds. The van der Waals surface area contributed by atoms with E-state index in [9.17, 15) is 0 Å². The highest BCUT2D eigenvalue weighted by molar-refractivity contribution is 5.27. The smallest absolute Gasteiger partial charge is 0.119 e. The fourth-order valence-electron chi connectivity index (χ4n) is 3.67. The van der Waals surface area contributed by atoms with Gasteiger partial charge in [-0.2, -0.15) is 0 Å². The van der Waals surface area contributed by atoms with Gasteiger partial charge in [-0.15, -0.1) is 0 Å². The fourth-order valence-corrected chi connectivity index (χ4v) is 3.67. The molecule has 1 aromatic carbocycles. The van der Waals surface area contributed by atoms with Crippen molar-refractivity contribution in [3.05, 3.63) is 29.8 Å². The van der Waals surface area contributed by atoms with Gasteiger partial charge in [0.25, 0.3) is 0 Å². The Morgan fingerprint density at radius 3 is 2.07 bits per heavy atom. The molecule has 0 spiro atoms. The molecule has 2 rings (SSSR count). The van der Waals surface area contributed by atoms with Crippen LogP contribution in [0, 0.1) is 0 Å². The maximum absolute atomic E-state index is 6.14. The molecule has 0 saturated heterocycles. The molecule has 0 aromatic heterocycles. The van der Waals surface area contributed by atoms with E-state index in [0.29, 0.717) is 39.6 Å². The molecule has 0 N–H and O–H groups in total. The summed E-state index contributed by atoms with van der Waals surface area (Å²) in [7, 11) is 0. The van der Waals surface area contributed by atoms with Gasteiger partial charge in [0.2, 0.25) is 0 Å². The third-order valence-corrected chi connectivity index (χ3v) is 5.38. The summed E-state index contributed by atoms with van der Waals surface area (Å²) in [5.74, 6) is 0.911. The Morgan fingerprint density at radius 1 is 0.800 bits per heavy atom. The summed E-state index contributed by atoms with van der Waals surface area (Å²) in [4.78, 5) is 0. The molecule has 5 nitrogen and oxygen atoms in total. The van der Waals surface area contributed by atoms with Gasteiger partial charge in [-0.05, 0) is 57.2 Å². The predicted molar refractivity (Wildman–Crippen MR) is 120 cm³/mol. The molecular weight excluding hydrogens is 380 g/mol. The fraction of sp³-hybridized carbons (Fsp3) is 0.760. The summed E-state index contributed by atoms with van der Waals surface area (Å²) in [6.07, 6.45) is 8.70. The van der Waals surface area contributed by atoms with Gasteiger partial charge in [-0.1, -0.05) is 38.3 Å². The molecule has 2 atom stereocenters. The van der Waals surface area contributed by atoms with E-state index in [2.05, 4.69) is 19.1 Å². The highest BCUT2D eigenvalue weighted by Crippen LogP contribution is 2.22. The van der Waals surface area contributed by atoms with Crippen molar-refractivity contribution in [1.82, 2.24) is 0 Å². The van der Waals surface area contributed by atoms with E-state index >= 15 is 0 Å². The normalized spacial score (nSPS) is 20.1. The summed E-state index contributed by atoms with van der Waals surface area (Å²) in [6.45, 7) is 9.94. The van der Waals surface area contributed by atoms with Gasteiger partial charge in [0.1, 0.15) is 12.4 Å². The van der Waals surface area contributed by atoms with Crippen LogP contribution in [0.2, 0.25) is 0 Å². The second kappa shape index (κ2) is 15.6. The molecule has 30 heavy (non-hydrogen) atoms. The van der Waals surface area contributed by atoms with E-state index in [1.54, 1.807) is 0 Å². The molecule has 1 saturated carbocycles. The first-order valence-corrected chi connectivity index (χ1v) is 11.8. The van der Waals surface area contributed by atoms with E-state index in [0.717, 1.165) is 31.4 Å². The SMILES string of the molecule is CCc1ccc(OCCO[C@H]2CCCCCC(OCCOCCOC(C)C)C2)cc1. The van der Waals surface area contributed by atoms with Crippen LogP contribution in [0.15, 0.2) is 24.3 Å². The van der Waals surface area contributed by atoms with Crippen LogP contribution in [-0.2, 0) is 25.4 Å². The van der Waals surface area contributed by atoms with Crippen LogP contribution in [-0.4, -0.2) is 58.0 Å². The summed E-state index contributed by atoms with van der Waals surface area (Å²) < 4.78 is 29.1. The number of ether oxygens (including phenoxy) is 5. The number of aryl methyl sites for hydroxylation is 1. The molecule has 1 aromatic rings. The Labute approximate surface area is 183 Å². The van der Waals surface area contributed by atoms with Crippen LogP contribution in [0.4, 0.5) is 0 Å². The quantitative estimate of drug-likeness (QED) is 0.386. The largest absolute Gasteiger partial charge is 0.491 e. The second-order valence-corrected chi connectivity index (χ2v) is 8.24. The van der Waals surface area contributed by atoms with Crippen molar-refractivity contribution in [2.24, 2.45) is 0 Å². The highest BCUT2D eigenvalue weighted by atomic mass is 16.6. The lowest BCUT2D eigenvalue weighted by atomic mass is 9.96. The molecule has 1 unspecified atom stereocenters. The Balaban J connectivity index is 1.59. The van der Waals surface area contributed by atoms with E-state index in [-0.39, 0.29) is 18.3 Å². The zero-order valence-corrected chi connectivity index (χ0v) is 19.3. The Kier molecular flexibility index (Phi) is 13.1. The second-order valence-electron chi connectivity index (χ2n) is 8.24. The molecule has 5 heteroatoms. The van der Waals surface area contributed by atoms with Crippen LogP contribution in [0.1, 0.15) is 64.9 Å². The van der Waals surface area contributed by atoms with E-state index in [1.165, 1.54) is 24.8 Å². The zero-order valence-electron chi connectivity index (χ0n) is 19.3. The van der Waals surface area contributed by atoms with E-state index in [4.69, 9.17) is 23.7 Å². The molecule has 0 heterocycles. The van der Waals surface area contributed by atoms with Crippen molar-refractivity contribution in [3.63, 3.8) is 0 Å². The summed E-state index contributed by atoms with van der Waals surface area (Å²) >= 11 is 0.